The highest BCUT2D eigenvalue weighted by Gasteiger charge is 2.34. The first kappa shape index (κ1) is 9.76. The van der Waals surface area contributed by atoms with Gasteiger partial charge in [-0.05, 0) is 43.4 Å². The summed E-state index contributed by atoms with van der Waals surface area (Å²) < 4.78 is 0. The summed E-state index contributed by atoms with van der Waals surface area (Å²) in [6, 6.07) is 0. The number of alkyl halides is 1. The fourth-order valence-electron chi connectivity index (χ4n) is 2.90. The molecule has 2 aliphatic rings. The van der Waals surface area contributed by atoms with E-state index in [1.807, 2.05) is 0 Å². The number of allylic oxidation sites excluding steroid dienone is 2. The molecular weight excluding hydrogens is 224 g/mol. The van der Waals surface area contributed by atoms with E-state index >= 15 is 0 Å². The van der Waals surface area contributed by atoms with Crippen LogP contribution in [0, 0.1) is 17.8 Å². The average Bonchev–Trinajstić information content (AvgIpc) is 2.73. The molecule has 74 valence electrons. The van der Waals surface area contributed by atoms with Gasteiger partial charge >= 0.3 is 0 Å². The number of hydrogen-bond donors (Lipinski definition) is 0. The molecule has 1 saturated carbocycles. The van der Waals surface area contributed by atoms with E-state index in [1.54, 1.807) is 0 Å². The normalized spacial score (nSPS) is 35.9. The summed E-state index contributed by atoms with van der Waals surface area (Å²) in [5.74, 6) is 2.98. The molecule has 2 rings (SSSR count). The lowest BCUT2D eigenvalue weighted by Crippen LogP contribution is -2.06. The molecule has 0 saturated heterocycles. The number of hydrogen-bond acceptors (Lipinski definition) is 0. The van der Waals surface area contributed by atoms with Crippen LogP contribution in [0.3, 0.4) is 0 Å². The Morgan fingerprint density at radius 1 is 1.08 bits per heavy atom. The van der Waals surface area contributed by atoms with Crippen LogP contribution < -0.4 is 0 Å². The van der Waals surface area contributed by atoms with Crippen LogP contribution in [0.15, 0.2) is 12.2 Å². The number of rotatable bonds is 5. The lowest BCUT2D eigenvalue weighted by Gasteiger charge is -2.17. The Bertz CT molecular complexity index is 186. The molecule has 2 aliphatic carbocycles. The van der Waals surface area contributed by atoms with Gasteiger partial charge in [0, 0.05) is 5.33 Å². The Morgan fingerprint density at radius 2 is 2.00 bits per heavy atom. The number of unbranched alkanes of at least 4 members (excludes halogenated alkanes) is 2. The van der Waals surface area contributed by atoms with Crippen LogP contribution in [-0.2, 0) is 0 Å². The smallest absolute Gasteiger partial charge is 0.00313 e. The minimum absolute atomic E-state index is 0.964. The van der Waals surface area contributed by atoms with E-state index in [0.29, 0.717) is 0 Å². The minimum atomic E-state index is 0.964. The van der Waals surface area contributed by atoms with Gasteiger partial charge in [0.05, 0.1) is 0 Å². The van der Waals surface area contributed by atoms with Gasteiger partial charge in [0.1, 0.15) is 0 Å². The maximum atomic E-state index is 3.48. The Labute approximate surface area is 89.9 Å². The summed E-state index contributed by atoms with van der Waals surface area (Å²) in [4.78, 5) is 0. The van der Waals surface area contributed by atoms with E-state index in [4.69, 9.17) is 0 Å². The lowest BCUT2D eigenvalue weighted by atomic mass is 9.89. The second-order valence-corrected chi connectivity index (χ2v) is 5.37. The summed E-state index contributed by atoms with van der Waals surface area (Å²) in [6.45, 7) is 0. The molecule has 0 aromatic rings. The van der Waals surface area contributed by atoms with Crippen molar-refractivity contribution < 1.29 is 0 Å². The van der Waals surface area contributed by atoms with Crippen molar-refractivity contribution in [3.8, 4) is 0 Å². The van der Waals surface area contributed by atoms with Crippen molar-refractivity contribution in [3.05, 3.63) is 12.2 Å². The lowest BCUT2D eigenvalue weighted by molar-refractivity contribution is 0.398. The van der Waals surface area contributed by atoms with Crippen LogP contribution in [0.25, 0.3) is 0 Å². The average molecular weight is 243 g/mol. The van der Waals surface area contributed by atoms with Crippen LogP contribution in [0.1, 0.15) is 38.5 Å². The van der Waals surface area contributed by atoms with Crippen LogP contribution >= 0.6 is 15.9 Å². The monoisotopic (exact) mass is 242 g/mol. The molecule has 0 aromatic heterocycles. The quantitative estimate of drug-likeness (QED) is 0.386. The molecule has 0 nitrogen and oxygen atoms in total. The minimum Gasteiger partial charge on any atom is -0.0928 e. The standard InChI is InChI=1S/C12H19Br/c13-7-3-1-2-4-11-8-10-5-6-12(11)9-10/h5-6,10-12H,1-4,7-9H2. The maximum Gasteiger partial charge on any atom is 0.00313 e. The summed E-state index contributed by atoms with van der Waals surface area (Å²) in [5.41, 5.74) is 0. The van der Waals surface area contributed by atoms with Crippen molar-refractivity contribution >= 4 is 15.9 Å². The van der Waals surface area contributed by atoms with Crippen molar-refractivity contribution in [1.29, 1.82) is 0 Å². The van der Waals surface area contributed by atoms with Gasteiger partial charge in [-0.25, -0.2) is 0 Å². The van der Waals surface area contributed by atoms with Crippen LogP contribution in [-0.4, -0.2) is 5.33 Å². The second kappa shape index (κ2) is 4.63. The van der Waals surface area contributed by atoms with Crippen LogP contribution in [0.2, 0.25) is 0 Å². The first-order valence-electron chi connectivity index (χ1n) is 5.64. The predicted molar refractivity (Wildman–Crippen MR) is 61.1 cm³/mol. The predicted octanol–water partition coefficient (Wildman–Crippen LogP) is 4.15. The third-order valence-corrected chi connectivity index (χ3v) is 4.19. The molecule has 2 bridgehead atoms. The van der Waals surface area contributed by atoms with E-state index in [9.17, 15) is 0 Å². The van der Waals surface area contributed by atoms with Crippen molar-refractivity contribution in [1.82, 2.24) is 0 Å². The topological polar surface area (TPSA) is 0 Å². The van der Waals surface area contributed by atoms with Crippen LogP contribution in [0.5, 0.6) is 0 Å². The molecule has 0 spiro atoms. The summed E-state index contributed by atoms with van der Waals surface area (Å²) in [6.07, 6.45) is 13.6. The van der Waals surface area contributed by atoms with E-state index in [0.717, 1.165) is 17.8 Å². The zero-order chi connectivity index (χ0) is 9.10. The first-order valence-corrected chi connectivity index (χ1v) is 6.76. The molecule has 0 heterocycles. The highest BCUT2D eigenvalue weighted by atomic mass is 79.9. The number of fused-ring (bicyclic) bond motifs is 2. The molecule has 1 heteroatoms. The summed E-state index contributed by atoms with van der Waals surface area (Å²) >= 11 is 3.48. The maximum absolute atomic E-state index is 3.48. The summed E-state index contributed by atoms with van der Waals surface area (Å²) in [5, 5.41) is 1.18. The second-order valence-electron chi connectivity index (χ2n) is 4.58. The zero-order valence-electron chi connectivity index (χ0n) is 8.21. The largest absolute Gasteiger partial charge is 0.0928 e. The van der Waals surface area contributed by atoms with Gasteiger partial charge in [0.2, 0.25) is 0 Å². The SMILES string of the molecule is BrCCCCCC1CC2C=CC1C2. The molecule has 13 heavy (non-hydrogen) atoms. The summed E-state index contributed by atoms with van der Waals surface area (Å²) in [7, 11) is 0. The van der Waals surface area contributed by atoms with Crippen molar-refractivity contribution in [2.75, 3.05) is 5.33 Å². The molecular formula is C12H19Br. The molecule has 0 aromatic carbocycles. The highest BCUT2D eigenvalue weighted by molar-refractivity contribution is 9.09. The van der Waals surface area contributed by atoms with Gasteiger partial charge in [-0.1, -0.05) is 40.9 Å². The van der Waals surface area contributed by atoms with E-state index in [1.165, 1.54) is 43.9 Å². The highest BCUT2D eigenvalue weighted by Crippen LogP contribution is 2.45. The van der Waals surface area contributed by atoms with Crippen molar-refractivity contribution in [2.24, 2.45) is 17.8 Å². The van der Waals surface area contributed by atoms with Gasteiger partial charge in [-0.15, -0.1) is 0 Å². The zero-order valence-corrected chi connectivity index (χ0v) is 9.80. The third kappa shape index (κ3) is 2.37. The van der Waals surface area contributed by atoms with Crippen molar-refractivity contribution in [2.45, 2.75) is 38.5 Å². The molecule has 0 amide bonds. The Balaban J connectivity index is 1.64. The molecule has 3 atom stereocenters. The van der Waals surface area contributed by atoms with E-state index in [-0.39, 0.29) is 0 Å². The fourth-order valence-corrected chi connectivity index (χ4v) is 3.30. The Morgan fingerprint density at radius 3 is 2.62 bits per heavy atom. The van der Waals surface area contributed by atoms with Crippen molar-refractivity contribution in [3.63, 3.8) is 0 Å². The Hall–Kier alpha value is 0.220. The van der Waals surface area contributed by atoms with E-state index in [2.05, 4.69) is 28.1 Å². The van der Waals surface area contributed by atoms with Gasteiger partial charge in [0.15, 0.2) is 0 Å². The van der Waals surface area contributed by atoms with Gasteiger partial charge in [-0.3, -0.25) is 0 Å². The van der Waals surface area contributed by atoms with Gasteiger partial charge < -0.3 is 0 Å². The fraction of sp³-hybridized carbons (Fsp3) is 0.833. The van der Waals surface area contributed by atoms with Crippen LogP contribution in [0.4, 0.5) is 0 Å². The van der Waals surface area contributed by atoms with Gasteiger partial charge in [0.25, 0.3) is 0 Å². The molecule has 0 aliphatic heterocycles. The Kier molecular flexibility index (Phi) is 3.48. The first-order chi connectivity index (χ1) is 6.40. The molecule has 0 radical (unpaired) electrons. The van der Waals surface area contributed by atoms with E-state index < -0.39 is 0 Å². The molecule has 1 fully saturated rings. The molecule has 0 N–H and O–H groups in total. The number of halogens is 1. The van der Waals surface area contributed by atoms with Gasteiger partial charge in [-0.2, -0.15) is 0 Å². The molecule has 3 unspecified atom stereocenters. The third-order valence-electron chi connectivity index (χ3n) is 3.62.